The number of ether oxygens (including phenoxy) is 1. The van der Waals surface area contributed by atoms with E-state index in [-0.39, 0.29) is 23.5 Å². The molecule has 2 atom stereocenters. The number of benzene rings is 2. The van der Waals surface area contributed by atoms with Crippen molar-refractivity contribution in [2.75, 3.05) is 33.4 Å². The fourth-order valence-electron chi connectivity index (χ4n) is 4.51. The molecule has 9 heteroatoms. The lowest BCUT2D eigenvalue weighted by molar-refractivity contribution is -0.138. The molecule has 178 valence electrons. The van der Waals surface area contributed by atoms with Crippen molar-refractivity contribution in [3.8, 4) is 6.07 Å². The van der Waals surface area contributed by atoms with Crippen LogP contribution >= 0.6 is 0 Å². The molecule has 0 amide bonds. The first-order valence-electron chi connectivity index (χ1n) is 10.5. The summed E-state index contributed by atoms with van der Waals surface area (Å²) in [6.45, 7) is 2.36. The summed E-state index contributed by atoms with van der Waals surface area (Å²) in [5.74, 6) is -0.716. The van der Waals surface area contributed by atoms with E-state index in [4.69, 9.17) is 10.00 Å². The van der Waals surface area contributed by atoms with Crippen molar-refractivity contribution in [2.24, 2.45) is 5.92 Å². The maximum atomic E-state index is 13.6. The molecule has 1 heterocycles. The Hall–Kier alpha value is -2.57. The minimum Gasteiger partial charge on any atom is -0.383 e. The van der Waals surface area contributed by atoms with Gasteiger partial charge in [0.25, 0.3) is 0 Å². The summed E-state index contributed by atoms with van der Waals surface area (Å²) in [5.41, 5.74) is -2.02. The van der Waals surface area contributed by atoms with Crippen molar-refractivity contribution < 1.29 is 31.1 Å². The van der Waals surface area contributed by atoms with Gasteiger partial charge in [0.15, 0.2) is 0 Å². The summed E-state index contributed by atoms with van der Waals surface area (Å²) < 4.78 is 86.6. The summed E-state index contributed by atoms with van der Waals surface area (Å²) in [6.07, 6.45) is -8.72. The zero-order chi connectivity index (χ0) is 24.2. The monoisotopic (exact) mass is 470 g/mol. The third kappa shape index (κ3) is 6.06. The number of alkyl halides is 6. The second-order valence-corrected chi connectivity index (χ2v) is 8.22. The van der Waals surface area contributed by atoms with E-state index in [1.54, 1.807) is 13.2 Å². The Labute approximate surface area is 188 Å². The van der Waals surface area contributed by atoms with Crippen molar-refractivity contribution in [1.29, 1.82) is 5.26 Å². The SMILES string of the molecule is COCCN1CC[C@H](C(Cc2ccccc2C(F)(F)F)c2ccc(C#N)c(C(F)(F)F)c2)C1. The van der Waals surface area contributed by atoms with Gasteiger partial charge in [0.1, 0.15) is 0 Å². The first-order chi connectivity index (χ1) is 15.5. The van der Waals surface area contributed by atoms with Crippen LogP contribution in [0, 0.1) is 17.2 Å². The Balaban J connectivity index is 2.02. The topological polar surface area (TPSA) is 36.3 Å². The lowest BCUT2D eigenvalue weighted by atomic mass is 9.79. The molecule has 0 aliphatic carbocycles. The number of halogens is 6. The number of nitrogens with zero attached hydrogens (tertiary/aromatic N) is 2. The molecule has 33 heavy (non-hydrogen) atoms. The van der Waals surface area contributed by atoms with Gasteiger partial charge in [-0.3, -0.25) is 0 Å². The standard InChI is InChI=1S/C24H24F6N2O/c1-33-11-10-32-9-8-19(15-32)20(12-17-4-2-3-5-21(17)23(25,26)27)16-6-7-18(14-31)22(13-16)24(28,29)30/h2-7,13,19-20H,8-12,15H2,1H3/t19-,20?/m0/s1. The molecule has 1 saturated heterocycles. The first-order valence-corrected chi connectivity index (χ1v) is 10.5. The Morgan fingerprint density at radius 3 is 2.39 bits per heavy atom. The number of likely N-dealkylation sites (tertiary alicyclic amines) is 1. The maximum absolute atomic E-state index is 13.6. The van der Waals surface area contributed by atoms with Gasteiger partial charge in [-0.1, -0.05) is 24.3 Å². The highest BCUT2D eigenvalue weighted by Crippen LogP contribution is 2.41. The van der Waals surface area contributed by atoms with E-state index in [2.05, 4.69) is 4.90 Å². The smallest absolute Gasteiger partial charge is 0.383 e. The molecule has 0 N–H and O–H groups in total. The van der Waals surface area contributed by atoms with E-state index in [1.807, 2.05) is 0 Å². The predicted molar refractivity (Wildman–Crippen MR) is 110 cm³/mol. The second kappa shape index (κ2) is 10.1. The fourth-order valence-corrected chi connectivity index (χ4v) is 4.51. The van der Waals surface area contributed by atoms with E-state index in [0.717, 1.165) is 18.2 Å². The molecular formula is C24H24F6N2O. The zero-order valence-electron chi connectivity index (χ0n) is 18.0. The van der Waals surface area contributed by atoms with Gasteiger partial charge in [-0.15, -0.1) is 0 Å². The third-order valence-corrected chi connectivity index (χ3v) is 6.15. The van der Waals surface area contributed by atoms with Crippen LogP contribution < -0.4 is 0 Å². The maximum Gasteiger partial charge on any atom is 0.417 e. The van der Waals surface area contributed by atoms with Gasteiger partial charge in [-0.2, -0.15) is 31.6 Å². The van der Waals surface area contributed by atoms with Crippen LogP contribution in [0.1, 0.15) is 40.2 Å². The van der Waals surface area contributed by atoms with Crippen molar-refractivity contribution >= 4 is 0 Å². The van der Waals surface area contributed by atoms with Gasteiger partial charge >= 0.3 is 12.4 Å². The van der Waals surface area contributed by atoms with Gasteiger partial charge in [0, 0.05) is 20.2 Å². The van der Waals surface area contributed by atoms with Crippen LogP contribution in [-0.2, 0) is 23.5 Å². The molecule has 0 spiro atoms. The Kier molecular flexibility index (Phi) is 7.70. The van der Waals surface area contributed by atoms with Crippen LogP contribution in [0.2, 0.25) is 0 Å². The molecule has 2 aromatic carbocycles. The van der Waals surface area contributed by atoms with Crippen LogP contribution in [-0.4, -0.2) is 38.3 Å². The van der Waals surface area contributed by atoms with Gasteiger partial charge < -0.3 is 9.64 Å². The molecule has 1 aliphatic rings. The van der Waals surface area contributed by atoms with Crippen LogP contribution in [0.4, 0.5) is 26.3 Å². The average Bonchev–Trinajstić information content (AvgIpc) is 3.23. The lowest BCUT2D eigenvalue weighted by Crippen LogP contribution is -2.27. The molecule has 0 aromatic heterocycles. The normalized spacial score (nSPS) is 18.3. The highest BCUT2D eigenvalue weighted by molar-refractivity contribution is 5.44. The molecule has 0 bridgehead atoms. The third-order valence-electron chi connectivity index (χ3n) is 6.15. The van der Waals surface area contributed by atoms with E-state index >= 15 is 0 Å². The van der Waals surface area contributed by atoms with Gasteiger partial charge in [-0.25, -0.2) is 0 Å². The van der Waals surface area contributed by atoms with Crippen molar-refractivity contribution in [3.63, 3.8) is 0 Å². The minimum absolute atomic E-state index is 0.0447. The van der Waals surface area contributed by atoms with E-state index in [0.29, 0.717) is 32.7 Å². The molecule has 3 rings (SSSR count). The van der Waals surface area contributed by atoms with Crippen LogP contribution in [0.5, 0.6) is 0 Å². The second-order valence-electron chi connectivity index (χ2n) is 8.22. The molecule has 1 unspecified atom stereocenters. The molecule has 0 saturated carbocycles. The van der Waals surface area contributed by atoms with Crippen LogP contribution in [0.15, 0.2) is 42.5 Å². The van der Waals surface area contributed by atoms with Crippen LogP contribution in [0.3, 0.4) is 0 Å². The van der Waals surface area contributed by atoms with Crippen molar-refractivity contribution in [1.82, 2.24) is 4.90 Å². The summed E-state index contributed by atoms with van der Waals surface area (Å²) in [4.78, 5) is 2.10. The highest BCUT2D eigenvalue weighted by Gasteiger charge is 2.38. The van der Waals surface area contributed by atoms with Crippen LogP contribution in [0.25, 0.3) is 0 Å². The highest BCUT2D eigenvalue weighted by atomic mass is 19.4. The Morgan fingerprint density at radius 1 is 1.06 bits per heavy atom. The number of hydrogen-bond acceptors (Lipinski definition) is 3. The van der Waals surface area contributed by atoms with Gasteiger partial charge in [0.05, 0.1) is 29.4 Å². The van der Waals surface area contributed by atoms with Gasteiger partial charge in [0.2, 0.25) is 0 Å². The van der Waals surface area contributed by atoms with Crippen molar-refractivity contribution in [2.45, 2.75) is 31.1 Å². The molecule has 1 aliphatic heterocycles. The quantitative estimate of drug-likeness (QED) is 0.474. The summed E-state index contributed by atoms with van der Waals surface area (Å²) >= 11 is 0. The molecule has 1 fully saturated rings. The van der Waals surface area contributed by atoms with Crippen molar-refractivity contribution in [3.05, 3.63) is 70.3 Å². The van der Waals surface area contributed by atoms with E-state index in [9.17, 15) is 26.3 Å². The molecule has 0 radical (unpaired) electrons. The van der Waals surface area contributed by atoms with E-state index in [1.165, 1.54) is 24.3 Å². The van der Waals surface area contributed by atoms with E-state index < -0.39 is 35.0 Å². The first kappa shape index (κ1) is 25.1. The zero-order valence-corrected chi connectivity index (χ0v) is 18.0. The Bertz CT molecular complexity index is 996. The number of methoxy groups -OCH3 is 1. The number of rotatable bonds is 7. The largest absolute Gasteiger partial charge is 0.417 e. The fraction of sp³-hybridized carbons (Fsp3) is 0.458. The lowest BCUT2D eigenvalue weighted by Gasteiger charge is -2.27. The summed E-state index contributed by atoms with van der Waals surface area (Å²) in [6, 6.07) is 10.2. The number of nitriles is 1. The molecular weight excluding hydrogens is 446 g/mol. The molecule has 3 nitrogen and oxygen atoms in total. The summed E-state index contributed by atoms with van der Waals surface area (Å²) in [5, 5.41) is 9.11. The Morgan fingerprint density at radius 2 is 1.76 bits per heavy atom. The predicted octanol–water partition coefficient (Wildman–Crippen LogP) is 5.89. The summed E-state index contributed by atoms with van der Waals surface area (Å²) in [7, 11) is 1.57. The number of hydrogen-bond donors (Lipinski definition) is 0. The minimum atomic E-state index is -4.74. The molecule has 2 aromatic rings. The average molecular weight is 470 g/mol. The van der Waals surface area contributed by atoms with Gasteiger partial charge in [-0.05, 0) is 60.5 Å².